The molecule has 0 saturated heterocycles. The number of hydrogen-bond acceptors (Lipinski definition) is 2. The van der Waals surface area contributed by atoms with E-state index in [2.05, 4.69) is 33.0 Å². The van der Waals surface area contributed by atoms with Crippen molar-refractivity contribution in [3.8, 4) is 5.75 Å². The van der Waals surface area contributed by atoms with Gasteiger partial charge in [-0.2, -0.15) is 0 Å². The zero-order valence-corrected chi connectivity index (χ0v) is 14.1. The summed E-state index contributed by atoms with van der Waals surface area (Å²) < 4.78 is 5.45. The van der Waals surface area contributed by atoms with Gasteiger partial charge in [-0.1, -0.05) is 39.3 Å². The first kappa shape index (κ1) is 17.3. The Balaban J connectivity index is 2.79. The molecule has 1 atom stereocenters. The van der Waals surface area contributed by atoms with Crippen molar-refractivity contribution in [2.75, 3.05) is 13.7 Å². The molecule has 3 heteroatoms. The molecule has 1 aromatic rings. The van der Waals surface area contributed by atoms with E-state index in [9.17, 15) is 0 Å². The number of ether oxygens (including phenoxy) is 1. The number of hydrogen-bond donors (Lipinski definition) is 1. The van der Waals surface area contributed by atoms with E-state index < -0.39 is 0 Å². The molecule has 0 bridgehead atoms. The SMILES string of the molecule is COc1ccc(Cl)cc1CC(CNC(C)C)CC(C)C. The maximum absolute atomic E-state index is 6.12. The van der Waals surface area contributed by atoms with E-state index in [1.54, 1.807) is 7.11 Å². The highest BCUT2D eigenvalue weighted by Crippen LogP contribution is 2.27. The second-order valence-electron chi connectivity index (χ2n) is 6.22. The maximum Gasteiger partial charge on any atom is 0.122 e. The third-order valence-electron chi connectivity index (χ3n) is 3.37. The lowest BCUT2D eigenvalue weighted by atomic mass is 9.90. The Morgan fingerprint density at radius 1 is 1.20 bits per heavy atom. The predicted molar refractivity (Wildman–Crippen MR) is 87.8 cm³/mol. The minimum atomic E-state index is 0.519. The molecule has 0 aromatic heterocycles. The molecule has 1 aromatic carbocycles. The zero-order valence-electron chi connectivity index (χ0n) is 13.4. The molecule has 0 aliphatic heterocycles. The van der Waals surface area contributed by atoms with Crippen molar-refractivity contribution in [1.82, 2.24) is 5.32 Å². The highest BCUT2D eigenvalue weighted by atomic mass is 35.5. The van der Waals surface area contributed by atoms with Gasteiger partial charge < -0.3 is 10.1 Å². The lowest BCUT2D eigenvalue weighted by Gasteiger charge is -2.22. The van der Waals surface area contributed by atoms with Crippen LogP contribution in [0.3, 0.4) is 0 Å². The second-order valence-corrected chi connectivity index (χ2v) is 6.66. The molecule has 1 N–H and O–H groups in total. The standard InChI is InChI=1S/C17H28ClNO/c1-12(2)8-14(11-19-13(3)4)9-15-10-16(18)6-7-17(15)20-5/h6-7,10,12-14,19H,8-9,11H2,1-5H3. The van der Waals surface area contributed by atoms with E-state index in [1.165, 1.54) is 12.0 Å². The van der Waals surface area contributed by atoms with Crippen molar-refractivity contribution >= 4 is 11.6 Å². The summed E-state index contributed by atoms with van der Waals surface area (Å²) in [6.45, 7) is 9.96. The molecule has 2 nitrogen and oxygen atoms in total. The molecule has 0 saturated carbocycles. The number of rotatable bonds is 8. The van der Waals surface area contributed by atoms with Crippen molar-refractivity contribution in [3.05, 3.63) is 28.8 Å². The van der Waals surface area contributed by atoms with Gasteiger partial charge in [0.1, 0.15) is 5.75 Å². The van der Waals surface area contributed by atoms with E-state index in [0.717, 1.165) is 23.7 Å². The number of halogens is 1. The Labute approximate surface area is 128 Å². The van der Waals surface area contributed by atoms with Gasteiger partial charge in [0, 0.05) is 11.1 Å². The minimum absolute atomic E-state index is 0.519. The third kappa shape index (κ3) is 6.15. The fourth-order valence-electron chi connectivity index (χ4n) is 2.53. The fraction of sp³-hybridized carbons (Fsp3) is 0.647. The Hall–Kier alpha value is -0.730. The van der Waals surface area contributed by atoms with Crippen molar-refractivity contribution in [3.63, 3.8) is 0 Å². The summed E-state index contributed by atoms with van der Waals surface area (Å²) >= 11 is 6.12. The summed E-state index contributed by atoms with van der Waals surface area (Å²) in [4.78, 5) is 0. The van der Waals surface area contributed by atoms with Crippen molar-refractivity contribution in [1.29, 1.82) is 0 Å². The van der Waals surface area contributed by atoms with Crippen LogP contribution in [-0.4, -0.2) is 19.7 Å². The molecule has 0 spiro atoms. The summed E-state index contributed by atoms with van der Waals surface area (Å²) in [6.07, 6.45) is 2.21. The molecule has 1 unspecified atom stereocenters. The van der Waals surface area contributed by atoms with Crippen LogP contribution in [0.1, 0.15) is 39.7 Å². The molecule has 0 aliphatic carbocycles. The zero-order chi connectivity index (χ0) is 15.1. The summed E-state index contributed by atoms with van der Waals surface area (Å²) in [5.41, 5.74) is 1.20. The molecule has 20 heavy (non-hydrogen) atoms. The van der Waals surface area contributed by atoms with E-state index in [4.69, 9.17) is 16.3 Å². The summed E-state index contributed by atoms with van der Waals surface area (Å²) in [6, 6.07) is 6.39. The average Bonchev–Trinajstić information content (AvgIpc) is 2.35. The molecular weight excluding hydrogens is 270 g/mol. The maximum atomic E-state index is 6.12. The van der Waals surface area contributed by atoms with Crippen LogP contribution >= 0.6 is 11.6 Å². The second kappa shape index (κ2) is 8.53. The van der Waals surface area contributed by atoms with Gasteiger partial charge in [0.25, 0.3) is 0 Å². The Morgan fingerprint density at radius 2 is 1.90 bits per heavy atom. The first-order valence-corrected chi connectivity index (χ1v) is 7.86. The number of methoxy groups -OCH3 is 1. The van der Waals surface area contributed by atoms with Crippen LogP contribution in [0.25, 0.3) is 0 Å². The normalized spacial score (nSPS) is 13.0. The van der Waals surface area contributed by atoms with Crippen LogP contribution in [0.4, 0.5) is 0 Å². The van der Waals surface area contributed by atoms with Crippen molar-refractivity contribution in [2.24, 2.45) is 11.8 Å². The van der Waals surface area contributed by atoms with E-state index in [0.29, 0.717) is 17.9 Å². The molecule has 0 heterocycles. The molecule has 0 fully saturated rings. The predicted octanol–water partition coefficient (Wildman–Crippen LogP) is 4.55. The van der Waals surface area contributed by atoms with Gasteiger partial charge in [-0.3, -0.25) is 0 Å². The average molecular weight is 298 g/mol. The minimum Gasteiger partial charge on any atom is -0.496 e. The fourth-order valence-corrected chi connectivity index (χ4v) is 2.72. The van der Waals surface area contributed by atoms with Crippen LogP contribution < -0.4 is 10.1 Å². The van der Waals surface area contributed by atoms with Crippen LogP contribution in [-0.2, 0) is 6.42 Å². The quantitative estimate of drug-likeness (QED) is 0.760. The van der Waals surface area contributed by atoms with E-state index >= 15 is 0 Å². The van der Waals surface area contributed by atoms with Gasteiger partial charge >= 0.3 is 0 Å². The topological polar surface area (TPSA) is 21.3 Å². The Morgan fingerprint density at radius 3 is 2.45 bits per heavy atom. The van der Waals surface area contributed by atoms with Gasteiger partial charge in [-0.25, -0.2) is 0 Å². The van der Waals surface area contributed by atoms with Crippen LogP contribution in [0, 0.1) is 11.8 Å². The van der Waals surface area contributed by atoms with E-state index in [-0.39, 0.29) is 0 Å². The summed E-state index contributed by atoms with van der Waals surface area (Å²) in [5.74, 6) is 2.23. The molecule has 114 valence electrons. The molecule has 1 rings (SSSR count). The lowest BCUT2D eigenvalue weighted by Crippen LogP contribution is -2.30. The van der Waals surface area contributed by atoms with Crippen molar-refractivity contribution in [2.45, 2.75) is 46.6 Å². The first-order valence-electron chi connectivity index (χ1n) is 7.48. The molecule has 0 radical (unpaired) electrons. The van der Waals surface area contributed by atoms with Gasteiger partial charge in [0.05, 0.1) is 7.11 Å². The summed E-state index contributed by atoms with van der Waals surface area (Å²) in [5, 5.41) is 4.33. The number of nitrogens with one attached hydrogen (secondary N) is 1. The van der Waals surface area contributed by atoms with Crippen molar-refractivity contribution < 1.29 is 4.74 Å². The molecular formula is C17H28ClNO. The first-order chi connectivity index (χ1) is 9.42. The van der Waals surface area contributed by atoms with Crippen LogP contribution in [0.15, 0.2) is 18.2 Å². The van der Waals surface area contributed by atoms with Gasteiger partial charge in [0.2, 0.25) is 0 Å². The Bertz CT molecular complexity index is 404. The molecule has 0 amide bonds. The monoisotopic (exact) mass is 297 g/mol. The van der Waals surface area contributed by atoms with Crippen LogP contribution in [0.5, 0.6) is 5.75 Å². The largest absolute Gasteiger partial charge is 0.496 e. The van der Waals surface area contributed by atoms with Gasteiger partial charge in [-0.15, -0.1) is 0 Å². The smallest absolute Gasteiger partial charge is 0.122 e. The number of benzene rings is 1. The third-order valence-corrected chi connectivity index (χ3v) is 3.61. The summed E-state index contributed by atoms with van der Waals surface area (Å²) in [7, 11) is 1.72. The molecule has 0 aliphatic rings. The highest BCUT2D eigenvalue weighted by Gasteiger charge is 2.15. The van der Waals surface area contributed by atoms with E-state index in [1.807, 2.05) is 18.2 Å². The van der Waals surface area contributed by atoms with Crippen LogP contribution in [0.2, 0.25) is 5.02 Å². The highest BCUT2D eigenvalue weighted by molar-refractivity contribution is 6.30. The Kier molecular flexibility index (Phi) is 7.39. The van der Waals surface area contributed by atoms with Gasteiger partial charge in [0.15, 0.2) is 0 Å². The van der Waals surface area contributed by atoms with Gasteiger partial charge in [-0.05, 0) is 55.0 Å². The lowest BCUT2D eigenvalue weighted by molar-refractivity contribution is 0.362.